The number of nitrogens with zero attached hydrogens (tertiary/aromatic N) is 5. The quantitative estimate of drug-likeness (QED) is 0.0422. The van der Waals surface area contributed by atoms with E-state index in [0.29, 0.717) is 18.2 Å². The fourth-order valence-electron chi connectivity index (χ4n) is 6.78. The third-order valence-electron chi connectivity index (χ3n) is 10.4. The summed E-state index contributed by atoms with van der Waals surface area (Å²) in [7, 11) is 2.22. The second kappa shape index (κ2) is 31.1. The highest BCUT2D eigenvalue weighted by atomic mass is 35.5. The molecule has 4 rings (SSSR count). The number of hydrogen-bond acceptors (Lipinski definition) is 22. The third-order valence-corrected chi connectivity index (χ3v) is 10.7. The number of aliphatic hydroxyl groups is 1. The number of nitro groups is 4. The van der Waals surface area contributed by atoms with Crippen molar-refractivity contribution in [2.24, 2.45) is 0 Å². The number of carboxylic acids is 2. The molecule has 7 unspecified atom stereocenters. The number of esters is 4. The molecule has 2 aliphatic heterocycles. The van der Waals surface area contributed by atoms with Crippen LogP contribution >= 0.6 is 11.6 Å². The lowest BCUT2D eigenvalue weighted by atomic mass is 9.88. The number of aliphatic carboxylic acids is 2. The molecule has 396 valence electrons. The summed E-state index contributed by atoms with van der Waals surface area (Å²) in [6.45, 7) is -0.343. The largest absolute Gasteiger partial charge is 0.478 e. The molecule has 0 bridgehead atoms. The zero-order valence-electron chi connectivity index (χ0n) is 38.8. The molecule has 0 amide bonds. The van der Waals surface area contributed by atoms with Gasteiger partial charge < -0.3 is 48.6 Å². The maximum absolute atomic E-state index is 12.3. The Hall–Kier alpha value is -7.27. The van der Waals surface area contributed by atoms with Gasteiger partial charge in [0.25, 0.3) is 0 Å². The van der Waals surface area contributed by atoms with Gasteiger partial charge in [0.2, 0.25) is 26.2 Å². The Labute approximate surface area is 414 Å². The van der Waals surface area contributed by atoms with Crippen molar-refractivity contribution in [1.82, 2.24) is 4.90 Å². The van der Waals surface area contributed by atoms with Crippen LogP contribution in [0.25, 0.3) is 0 Å². The van der Waals surface area contributed by atoms with Gasteiger partial charge in [-0.1, -0.05) is 54.1 Å². The van der Waals surface area contributed by atoms with E-state index >= 15 is 0 Å². The first kappa shape index (κ1) is 60.9. The lowest BCUT2D eigenvalue weighted by Gasteiger charge is -2.42. The minimum absolute atomic E-state index is 0.455. The van der Waals surface area contributed by atoms with E-state index in [1.807, 2.05) is 18.2 Å². The third kappa shape index (κ3) is 23.1. The Morgan fingerprint density at radius 2 is 1.15 bits per heavy atom. The minimum Gasteiger partial charge on any atom is -0.478 e. The van der Waals surface area contributed by atoms with Gasteiger partial charge in [-0.05, 0) is 63.0 Å². The van der Waals surface area contributed by atoms with E-state index in [4.69, 9.17) is 50.2 Å². The summed E-state index contributed by atoms with van der Waals surface area (Å²) in [4.78, 5) is 109. The van der Waals surface area contributed by atoms with Crippen LogP contribution in [0.2, 0.25) is 5.02 Å². The number of carbonyl (C=O) groups excluding carboxylic acids is 4. The molecule has 7 atom stereocenters. The molecule has 2 fully saturated rings. The highest BCUT2D eigenvalue weighted by Gasteiger charge is 2.52. The molecular formula is C43H54ClN5O23. The average molecular weight is 1040 g/mol. The fraction of sp³-hybridized carbons (Fsp3) is 0.535. The summed E-state index contributed by atoms with van der Waals surface area (Å²) in [6.07, 6.45) is -8.40. The number of carboxylic acid groups (broad SMARTS) is 2. The van der Waals surface area contributed by atoms with Crippen molar-refractivity contribution in [2.75, 3.05) is 53.0 Å². The van der Waals surface area contributed by atoms with Crippen molar-refractivity contribution in [3.8, 4) is 0 Å². The van der Waals surface area contributed by atoms with E-state index in [-0.39, 0.29) is 0 Å². The Morgan fingerprint density at radius 3 is 1.60 bits per heavy atom. The number of benzene rings is 2. The Balaban J connectivity index is 0.000000463. The van der Waals surface area contributed by atoms with Crippen LogP contribution < -0.4 is 0 Å². The van der Waals surface area contributed by atoms with E-state index in [1.54, 1.807) is 0 Å². The molecule has 2 aromatic rings. The first-order chi connectivity index (χ1) is 33.9. The molecule has 3 N–H and O–H groups in total. The van der Waals surface area contributed by atoms with Crippen molar-refractivity contribution in [3.63, 3.8) is 0 Å². The van der Waals surface area contributed by atoms with E-state index in [2.05, 4.69) is 55.3 Å². The monoisotopic (exact) mass is 1040 g/mol. The maximum Gasteiger partial charge on any atom is 0.328 e. The van der Waals surface area contributed by atoms with Crippen molar-refractivity contribution in [3.05, 3.63) is 123 Å². The normalized spacial score (nSPS) is 20.2. The number of halogens is 1. The van der Waals surface area contributed by atoms with Gasteiger partial charge in [-0.15, -0.1) is 0 Å². The maximum atomic E-state index is 12.3. The number of carbonyl (C=O) groups is 6. The van der Waals surface area contributed by atoms with Gasteiger partial charge in [0.15, 0.2) is 24.6 Å². The second-order valence-corrected chi connectivity index (χ2v) is 16.1. The highest BCUT2D eigenvalue weighted by molar-refractivity contribution is 6.30. The number of aliphatic hydroxyl groups excluding tert-OH is 1. The van der Waals surface area contributed by atoms with E-state index < -0.39 is 150 Å². The molecule has 28 nitrogen and oxygen atoms in total. The van der Waals surface area contributed by atoms with E-state index in [0.717, 1.165) is 23.6 Å². The Kier molecular flexibility index (Phi) is 26.3. The van der Waals surface area contributed by atoms with Crippen LogP contribution in [0, 0.1) is 40.5 Å². The van der Waals surface area contributed by atoms with Gasteiger partial charge in [0, 0.05) is 49.5 Å². The lowest BCUT2D eigenvalue weighted by Crippen LogP contribution is -2.62. The molecule has 0 aliphatic carbocycles. The number of hydrogen-bond donors (Lipinski definition) is 3. The number of ether oxygens (including phenoxy) is 6. The molecule has 0 aromatic heterocycles. The van der Waals surface area contributed by atoms with Crippen molar-refractivity contribution in [2.45, 2.75) is 94.2 Å². The first-order valence-electron chi connectivity index (χ1n) is 21.8. The van der Waals surface area contributed by atoms with Crippen LogP contribution in [0.5, 0.6) is 0 Å². The van der Waals surface area contributed by atoms with Gasteiger partial charge in [0.1, 0.15) is 44.0 Å². The topological polar surface area (TPSA) is 394 Å². The van der Waals surface area contributed by atoms with Crippen LogP contribution in [0.15, 0.2) is 66.7 Å². The highest BCUT2D eigenvalue weighted by Crippen LogP contribution is 2.35. The molecule has 2 heterocycles. The van der Waals surface area contributed by atoms with Gasteiger partial charge in [-0.3, -0.25) is 59.6 Å². The average Bonchev–Trinajstić information content (AvgIpc) is 3.73. The molecule has 72 heavy (non-hydrogen) atoms. The smallest absolute Gasteiger partial charge is 0.328 e. The second-order valence-electron chi connectivity index (χ2n) is 15.7. The van der Waals surface area contributed by atoms with Gasteiger partial charge in [-0.2, -0.15) is 0 Å². The van der Waals surface area contributed by atoms with E-state index in [9.17, 15) is 74.3 Å². The molecule has 2 saturated heterocycles. The molecule has 2 aliphatic rings. The molecule has 2 aromatic carbocycles. The van der Waals surface area contributed by atoms with Gasteiger partial charge in [-0.25, -0.2) is 9.59 Å². The molecule has 29 heteroatoms. The number of likely N-dealkylation sites (tertiary alicyclic amines) is 1. The summed E-state index contributed by atoms with van der Waals surface area (Å²) < 4.78 is 31.6. The number of rotatable bonds is 25. The SMILES string of the molecule is CN1CCCC1CCOC(C)(c1ccccc1)c1ccc(Cl)cc1.O=C(CC[N+](=O)[O-])OCC1OC(O)C(OC(=O)CC[N+](=O)[O-])C(OC(=O)CC[N+](=O)[O-])C1OC(=O)CC[N+](=O)[O-].O=C(O)C=CC(=O)O. The predicted octanol–water partition coefficient (Wildman–Crippen LogP) is 2.47. The standard InChI is InChI=1S/C21H26ClNO.C18H24N4O18.C4H4O4/c1-21(17-7-4-3-5-8-17,18-10-12-19(22)13-11-18)24-16-14-20-9-6-15-23(20)2;23-11(1-5-19(28)29)36-9-10-15(38-12(24)2-6-20(30)31)16(39-13(25)3-7-21(32)33)17(18(27)37-10)40-14(26)4-8-22(34)35;5-3(6)1-2-4(7)8/h3-5,7-8,10-13,20H,6,9,14-16H2,1-2H3;10,15-18,27H,1-9H2;1-2H,(H,5,6)(H,7,8). The summed E-state index contributed by atoms with van der Waals surface area (Å²) in [5, 5.41) is 69.0. The summed E-state index contributed by atoms with van der Waals surface area (Å²) in [6, 6.07) is 19.1. The van der Waals surface area contributed by atoms with Gasteiger partial charge >= 0.3 is 35.8 Å². The van der Waals surface area contributed by atoms with E-state index in [1.165, 1.54) is 24.9 Å². The minimum atomic E-state index is -2.22. The van der Waals surface area contributed by atoms with Crippen LogP contribution in [0.1, 0.15) is 63.0 Å². The Morgan fingerprint density at radius 1 is 0.708 bits per heavy atom. The zero-order valence-corrected chi connectivity index (χ0v) is 39.6. The van der Waals surface area contributed by atoms with Crippen LogP contribution in [-0.2, 0) is 62.8 Å². The van der Waals surface area contributed by atoms with Crippen LogP contribution in [-0.4, -0.2) is 165 Å². The summed E-state index contributed by atoms with van der Waals surface area (Å²) >= 11 is 6.07. The predicted molar refractivity (Wildman–Crippen MR) is 242 cm³/mol. The van der Waals surface area contributed by atoms with Crippen molar-refractivity contribution >= 4 is 47.4 Å². The summed E-state index contributed by atoms with van der Waals surface area (Å²) in [5.74, 6) is -7.58. The molecular weight excluding hydrogens is 990 g/mol. The zero-order chi connectivity index (χ0) is 54.0. The molecule has 0 saturated carbocycles. The van der Waals surface area contributed by atoms with Crippen molar-refractivity contribution < 1.29 is 92.2 Å². The first-order valence-corrected chi connectivity index (χ1v) is 22.1. The van der Waals surface area contributed by atoms with Crippen molar-refractivity contribution in [1.29, 1.82) is 0 Å². The lowest BCUT2D eigenvalue weighted by molar-refractivity contribution is -0.479. The summed E-state index contributed by atoms with van der Waals surface area (Å²) in [5.41, 5.74) is 1.85. The van der Waals surface area contributed by atoms with Crippen LogP contribution in [0.4, 0.5) is 0 Å². The van der Waals surface area contributed by atoms with Gasteiger partial charge in [0.05, 0.1) is 0 Å². The Bertz CT molecular complexity index is 2190. The molecule has 0 radical (unpaired) electrons. The fourth-order valence-corrected chi connectivity index (χ4v) is 6.91. The molecule has 0 spiro atoms. The van der Waals surface area contributed by atoms with Crippen LogP contribution in [0.3, 0.4) is 0 Å².